The lowest BCUT2D eigenvalue weighted by molar-refractivity contribution is -0.161. The standard InChI is InChI=1S/C18H30N4O3S/c1-12(2)15(16(23)25-18(3,4)5)22-8-7-21(17(22)24)10-13-11-26-14(20-13)9-19-6/h11-12,15,19H,7-10H2,1-6H3/t15-/m0/s1. The van der Waals surface area contributed by atoms with E-state index in [0.29, 0.717) is 19.6 Å². The number of amides is 2. The topological polar surface area (TPSA) is 74.8 Å². The zero-order chi connectivity index (χ0) is 19.5. The number of ether oxygens (including phenoxy) is 1. The highest BCUT2D eigenvalue weighted by atomic mass is 32.1. The van der Waals surface area contributed by atoms with Crippen LogP contribution in [-0.2, 0) is 22.6 Å². The van der Waals surface area contributed by atoms with E-state index in [1.54, 1.807) is 21.1 Å². The summed E-state index contributed by atoms with van der Waals surface area (Å²) in [5.74, 6) is -0.358. The fourth-order valence-electron chi connectivity index (χ4n) is 2.98. The molecule has 146 valence electrons. The van der Waals surface area contributed by atoms with Gasteiger partial charge in [-0.3, -0.25) is 0 Å². The summed E-state index contributed by atoms with van der Waals surface area (Å²) in [4.78, 5) is 33.4. The van der Waals surface area contributed by atoms with Crippen molar-refractivity contribution >= 4 is 23.3 Å². The first kappa shape index (κ1) is 20.6. The Morgan fingerprint density at radius 3 is 2.65 bits per heavy atom. The van der Waals surface area contributed by atoms with Crippen LogP contribution in [-0.4, -0.2) is 58.6 Å². The Morgan fingerprint density at radius 2 is 2.08 bits per heavy atom. The molecular weight excluding hydrogens is 352 g/mol. The van der Waals surface area contributed by atoms with Crippen LogP contribution in [0.2, 0.25) is 0 Å². The lowest BCUT2D eigenvalue weighted by Gasteiger charge is -2.31. The number of aromatic nitrogens is 1. The Hall–Kier alpha value is -1.67. The molecule has 7 nitrogen and oxygen atoms in total. The summed E-state index contributed by atoms with van der Waals surface area (Å²) in [6, 6.07) is -0.695. The van der Waals surface area contributed by atoms with Crippen LogP contribution in [0.25, 0.3) is 0 Å². The number of nitrogens with one attached hydrogen (secondary N) is 1. The molecule has 0 spiro atoms. The van der Waals surface area contributed by atoms with E-state index in [1.165, 1.54) is 0 Å². The molecule has 26 heavy (non-hydrogen) atoms. The highest BCUT2D eigenvalue weighted by Crippen LogP contribution is 2.23. The monoisotopic (exact) mass is 382 g/mol. The minimum absolute atomic E-state index is 0.0183. The lowest BCUT2D eigenvalue weighted by Crippen LogP contribution is -2.49. The Balaban J connectivity index is 2.06. The Bertz CT molecular complexity index is 639. The van der Waals surface area contributed by atoms with Gasteiger partial charge in [0.15, 0.2) is 0 Å². The second-order valence-electron chi connectivity index (χ2n) is 7.88. The van der Waals surface area contributed by atoms with Crippen LogP contribution in [0.5, 0.6) is 0 Å². The summed E-state index contributed by atoms with van der Waals surface area (Å²) in [5.41, 5.74) is 0.311. The number of carbonyl (C=O) groups excluding carboxylic acids is 2. The second kappa shape index (κ2) is 8.35. The normalized spacial score (nSPS) is 16.5. The zero-order valence-electron chi connectivity index (χ0n) is 16.5. The van der Waals surface area contributed by atoms with Crippen molar-refractivity contribution in [1.29, 1.82) is 0 Å². The number of carbonyl (C=O) groups is 2. The number of rotatable bonds is 7. The van der Waals surface area contributed by atoms with Gasteiger partial charge < -0.3 is 19.9 Å². The summed E-state index contributed by atoms with van der Waals surface area (Å²) >= 11 is 1.58. The number of hydrogen-bond donors (Lipinski definition) is 1. The molecule has 0 aromatic carbocycles. The first-order valence-corrected chi connectivity index (χ1v) is 9.86. The largest absolute Gasteiger partial charge is 0.458 e. The second-order valence-corrected chi connectivity index (χ2v) is 8.83. The highest BCUT2D eigenvalue weighted by molar-refractivity contribution is 7.09. The minimum atomic E-state index is -0.572. The van der Waals surface area contributed by atoms with Crippen molar-refractivity contribution < 1.29 is 14.3 Å². The molecule has 0 bridgehead atoms. The van der Waals surface area contributed by atoms with Crippen molar-refractivity contribution in [3.8, 4) is 0 Å². The summed E-state index contributed by atoms with van der Waals surface area (Å²) < 4.78 is 5.54. The molecule has 1 N–H and O–H groups in total. The van der Waals surface area contributed by atoms with E-state index in [-0.39, 0.29) is 17.9 Å². The van der Waals surface area contributed by atoms with Crippen molar-refractivity contribution in [2.75, 3.05) is 20.1 Å². The SMILES string of the molecule is CNCc1nc(CN2CCN([C@H](C(=O)OC(C)(C)C)C(C)C)C2=O)cs1. The summed E-state index contributed by atoms with van der Waals surface area (Å²) in [6.07, 6.45) is 0. The molecule has 0 aliphatic carbocycles. The van der Waals surface area contributed by atoms with Gasteiger partial charge in [-0.25, -0.2) is 14.6 Å². The van der Waals surface area contributed by atoms with E-state index in [4.69, 9.17) is 4.74 Å². The van der Waals surface area contributed by atoms with E-state index in [0.717, 1.165) is 17.2 Å². The summed E-state index contributed by atoms with van der Waals surface area (Å²) in [6.45, 7) is 11.7. The number of nitrogens with zero attached hydrogens (tertiary/aromatic N) is 3. The van der Waals surface area contributed by atoms with E-state index in [1.807, 2.05) is 47.0 Å². The molecule has 0 unspecified atom stereocenters. The molecule has 2 amide bonds. The zero-order valence-corrected chi connectivity index (χ0v) is 17.4. The van der Waals surface area contributed by atoms with Gasteiger partial charge in [-0.05, 0) is 33.7 Å². The van der Waals surface area contributed by atoms with Gasteiger partial charge in [0.1, 0.15) is 16.7 Å². The van der Waals surface area contributed by atoms with Crippen LogP contribution >= 0.6 is 11.3 Å². The smallest absolute Gasteiger partial charge is 0.329 e. The average Bonchev–Trinajstić information content (AvgIpc) is 3.07. The minimum Gasteiger partial charge on any atom is -0.458 e. The molecule has 0 radical (unpaired) electrons. The Labute approximate surface area is 159 Å². The van der Waals surface area contributed by atoms with E-state index in [2.05, 4.69) is 10.3 Å². The molecule has 1 aromatic heterocycles. The molecule has 0 saturated carbocycles. The van der Waals surface area contributed by atoms with Gasteiger partial charge in [-0.15, -0.1) is 11.3 Å². The van der Waals surface area contributed by atoms with Crippen molar-refractivity contribution in [1.82, 2.24) is 20.1 Å². The molecule has 1 aliphatic rings. The number of urea groups is 1. The predicted molar refractivity (Wildman–Crippen MR) is 102 cm³/mol. The van der Waals surface area contributed by atoms with E-state index < -0.39 is 11.6 Å². The molecule has 8 heteroatoms. The van der Waals surface area contributed by atoms with Crippen LogP contribution < -0.4 is 5.32 Å². The van der Waals surface area contributed by atoms with Gasteiger partial charge in [0.05, 0.1) is 12.2 Å². The van der Waals surface area contributed by atoms with Crippen LogP contribution in [0.15, 0.2) is 5.38 Å². The molecule has 1 aliphatic heterocycles. The summed E-state index contributed by atoms with van der Waals surface area (Å²) in [7, 11) is 1.88. The first-order chi connectivity index (χ1) is 12.1. The quantitative estimate of drug-likeness (QED) is 0.733. The number of thiazole rings is 1. The number of esters is 1. The molecular formula is C18H30N4O3S. The maximum Gasteiger partial charge on any atom is 0.329 e. The van der Waals surface area contributed by atoms with Crippen molar-refractivity contribution in [3.63, 3.8) is 0 Å². The van der Waals surface area contributed by atoms with Crippen LogP contribution in [0.1, 0.15) is 45.3 Å². The van der Waals surface area contributed by atoms with Gasteiger partial charge >= 0.3 is 12.0 Å². The van der Waals surface area contributed by atoms with Crippen molar-refractivity contribution in [2.24, 2.45) is 5.92 Å². The lowest BCUT2D eigenvalue weighted by atomic mass is 10.0. The molecule has 1 atom stereocenters. The number of hydrogen-bond acceptors (Lipinski definition) is 6. The third kappa shape index (κ3) is 5.17. The first-order valence-electron chi connectivity index (χ1n) is 8.98. The Kier molecular flexibility index (Phi) is 6.63. The summed E-state index contributed by atoms with van der Waals surface area (Å²) in [5, 5.41) is 6.06. The van der Waals surface area contributed by atoms with Gasteiger partial charge in [0.25, 0.3) is 0 Å². The molecule has 1 aromatic rings. The van der Waals surface area contributed by atoms with Gasteiger partial charge in [0, 0.05) is 25.0 Å². The fourth-order valence-corrected chi connectivity index (χ4v) is 3.77. The average molecular weight is 383 g/mol. The maximum atomic E-state index is 12.9. The van der Waals surface area contributed by atoms with Crippen LogP contribution in [0.3, 0.4) is 0 Å². The molecule has 1 saturated heterocycles. The van der Waals surface area contributed by atoms with E-state index >= 15 is 0 Å². The highest BCUT2D eigenvalue weighted by Gasteiger charge is 2.40. The van der Waals surface area contributed by atoms with Crippen molar-refractivity contribution in [3.05, 3.63) is 16.1 Å². The third-order valence-electron chi connectivity index (χ3n) is 4.02. The molecule has 1 fully saturated rings. The van der Waals surface area contributed by atoms with Crippen LogP contribution in [0, 0.1) is 5.92 Å². The fraction of sp³-hybridized carbons (Fsp3) is 0.722. The van der Waals surface area contributed by atoms with Gasteiger partial charge in [0.2, 0.25) is 0 Å². The van der Waals surface area contributed by atoms with Gasteiger partial charge in [-0.2, -0.15) is 0 Å². The predicted octanol–water partition coefficient (Wildman–Crippen LogP) is 2.47. The maximum absolute atomic E-state index is 12.9. The molecule has 2 rings (SSSR count). The van der Waals surface area contributed by atoms with Crippen LogP contribution in [0.4, 0.5) is 4.79 Å². The van der Waals surface area contributed by atoms with E-state index in [9.17, 15) is 9.59 Å². The molecule has 2 heterocycles. The third-order valence-corrected chi connectivity index (χ3v) is 4.92. The van der Waals surface area contributed by atoms with Gasteiger partial charge in [-0.1, -0.05) is 13.8 Å². The van der Waals surface area contributed by atoms with Crippen molar-refractivity contribution in [2.45, 2.75) is 59.4 Å². The Morgan fingerprint density at radius 1 is 1.38 bits per heavy atom.